The number of rotatable bonds is 4. The third-order valence-corrected chi connectivity index (χ3v) is 6.97. The summed E-state index contributed by atoms with van der Waals surface area (Å²) in [5.41, 5.74) is 5.55. The Balaban J connectivity index is 1.48. The molecule has 7 aromatic rings. The molecule has 0 N–H and O–H groups in total. The molecule has 180 valence electrons. The highest BCUT2D eigenvalue weighted by molar-refractivity contribution is 6.33. The SMILES string of the molecule is [B]c1cc(-c2nc(-c3ccccc3)nc(-c3ccccc3)n2)cc(-c2c3ccccc3cc3ccccc23)c1. The standard InChI is InChI=1S/C35H22BN3/c36-29-21-27(32-30-17-9-7-15-25(30)19-26-16-8-10-18-31(26)32)20-28(22-29)35-38-33(23-11-3-1-4-12-23)37-34(39-35)24-13-5-2-6-14-24/h1-22H. The van der Waals surface area contributed by atoms with Gasteiger partial charge in [-0.1, -0.05) is 127 Å². The van der Waals surface area contributed by atoms with Gasteiger partial charge in [0.15, 0.2) is 17.5 Å². The van der Waals surface area contributed by atoms with Crippen LogP contribution in [0.3, 0.4) is 0 Å². The number of nitrogens with zero attached hydrogens (tertiary/aromatic N) is 3. The second-order valence-corrected chi connectivity index (χ2v) is 9.58. The lowest BCUT2D eigenvalue weighted by molar-refractivity contribution is 1.07. The maximum absolute atomic E-state index is 6.55. The molecule has 1 aromatic heterocycles. The van der Waals surface area contributed by atoms with E-state index in [1.165, 1.54) is 21.5 Å². The molecule has 0 saturated heterocycles. The molecule has 0 aliphatic carbocycles. The lowest BCUT2D eigenvalue weighted by Crippen LogP contribution is -2.06. The molecule has 0 fully saturated rings. The van der Waals surface area contributed by atoms with Crippen molar-refractivity contribution in [2.45, 2.75) is 0 Å². The van der Waals surface area contributed by atoms with Crippen molar-refractivity contribution in [2.75, 3.05) is 0 Å². The van der Waals surface area contributed by atoms with Gasteiger partial charge >= 0.3 is 0 Å². The van der Waals surface area contributed by atoms with Crippen LogP contribution in [0.4, 0.5) is 0 Å². The predicted octanol–water partition coefficient (Wildman–Crippen LogP) is 7.64. The number of hydrogen-bond acceptors (Lipinski definition) is 3. The molecular weight excluding hydrogens is 473 g/mol. The van der Waals surface area contributed by atoms with Crippen LogP contribution in [0.1, 0.15) is 0 Å². The lowest BCUT2D eigenvalue weighted by Gasteiger charge is -2.15. The first kappa shape index (κ1) is 23.1. The fourth-order valence-electron chi connectivity index (χ4n) is 5.19. The zero-order valence-electron chi connectivity index (χ0n) is 21.1. The van der Waals surface area contributed by atoms with Gasteiger partial charge in [-0.2, -0.15) is 0 Å². The topological polar surface area (TPSA) is 38.7 Å². The van der Waals surface area contributed by atoms with Gasteiger partial charge in [0, 0.05) is 16.7 Å². The molecule has 0 amide bonds. The van der Waals surface area contributed by atoms with E-state index in [0.29, 0.717) is 22.9 Å². The third-order valence-electron chi connectivity index (χ3n) is 6.97. The second-order valence-electron chi connectivity index (χ2n) is 9.58. The van der Waals surface area contributed by atoms with Gasteiger partial charge in [-0.15, -0.1) is 0 Å². The van der Waals surface area contributed by atoms with Crippen LogP contribution in [-0.2, 0) is 0 Å². The minimum absolute atomic E-state index is 0.584. The van der Waals surface area contributed by atoms with Crippen LogP contribution in [0.2, 0.25) is 0 Å². The summed E-state index contributed by atoms with van der Waals surface area (Å²) < 4.78 is 0. The Morgan fingerprint density at radius 2 is 0.821 bits per heavy atom. The average molecular weight is 495 g/mol. The fourth-order valence-corrected chi connectivity index (χ4v) is 5.19. The van der Waals surface area contributed by atoms with Crippen molar-refractivity contribution in [3.05, 3.63) is 133 Å². The monoisotopic (exact) mass is 495 g/mol. The molecule has 2 radical (unpaired) electrons. The van der Waals surface area contributed by atoms with Crippen LogP contribution in [0, 0.1) is 0 Å². The van der Waals surface area contributed by atoms with Crippen molar-refractivity contribution >= 4 is 34.9 Å². The maximum Gasteiger partial charge on any atom is 0.164 e. The first-order valence-electron chi connectivity index (χ1n) is 12.9. The molecular formula is C35H22BN3. The highest BCUT2D eigenvalue weighted by atomic mass is 15.0. The van der Waals surface area contributed by atoms with Gasteiger partial charge < -0.3 is 0 Å². The molecule has 1 heterocycles. The smallest absolute Gasteiger partial charge is 0.164 e. The molecule has 0 bridgehead atoms. The van der Waals surface area contributed by atoms with Gasteiger partial charge in [-0.3, -0.25) is 0 Å². The van der Waals surface area contributed by atoms with Crippen LogP contribution >= 0.6 is 0 Å². The Morgan fingerprint density at radius 3 is 1.36 bits per heavy atom. The van der Waals surface area contributed by atoms with Crippen molar-refractivity contribution < 1.29 is 0 Å². The van der Waals surface area contributed by atoms with E-state index in [9.17, 15) is 0 Å². The molecule has 3 nitrogen and oxygen atoms in total. The first-order valence-corrected chi connectivity index (χ1v) is 12.9. The number of benzene rings is 6. The van der Waals surface area contributed by atoms with Crippen LogP contribution in [0.5, 0.6) is 0 Å². The van der Waals surface area contributed by atoms with Crippen molar-refractivity contribution in [1.82, 2.24) is 15.0 Å². The summed E-state index contributed by atoms with van der Waals surface area (Å²) in [7, 11) is 6.55. The minimum atomic E-state index is 0.584. The lowest BCUT2D eigenvalue weighted by atomic mass is 9.86. The summed E-state index contributed by atoms with van der Waals surface area (Å²) in [4.78, 5) is 14.7. The van der Waals surface area contributed by atoms with E-state index in [1.54, 1.807) is 0 Å². The fraction of sp³-hybridized carbons (Fsp3) is 0. The minimum Gasteiger partial charge on any atom is -0.208 e. The van der Waals surface area contributed by atoms with Crippen LogP contribution in [0.25, 0.3) is 66.8 Å². The zero-order chi connectivity index (χ0) is 26.2. The Bertz CT molecular complexity index is 1860. The molecule has 0 aliphatic heterocycles. The van der Waals surface area contributed by atoms with E-state index >= 15 is 0 Å². The predicted molar refractivity (Wildman–Crippen MR) is 162 cm³/mol. The first-order chi connectivity index (χ1) is 19.2. The molecule has 0 saturated carbocycles. The Labute approximate surface area is 228 Å². The molecule has 4 heteroatoms. The molecule has 39 heavy (non-hydrogen) atoms. The van der Waals surface area contributed by atoms with Gasteiger partial charge in [0.2, 0.25) is 0 Å². The highest BCUT2D eigenvalue weighted by Gasteiger charge is 2.15. The highest BCUT2D eigenvalue weighted by Crippen LogP contribution is 2.37. The van der Waals surface area contributed by atoms with E-state index < -0.39 is 0 Å². The van der Waals surface area contributed by atoms with Crippen molar-refractivity contribution in [1.29, 1.82) is 0 Å². The summed E-state index contributed by atoms with van der Waals surface area (Å²) in [5.74, 6) is 1.83. The summed E-state index contributed by atoms with van der Waals surface area (Å²) in [6, 6.07) is 45.3. The molecule has 7 rings (SSSR count). The largest absolute Gasteiger partial charge is 0.208 e. The molecule has 0 atom stereocenters. The Kier molecular flexibility index (Phi) is 5.71. The van der Waals surface area contributed by atoms with E-state index in [0.717, 1.165) is 27.8 Å². The summed E-state index contributed by atoms with van der Waals surface area (Å²) in [5, 5.41) is 4.73. The summed E-state index contributed by atoms with van der Waals surface area (Å²) >= 11 is 0. The number of aromatic nitrogens is 3. The average Bonchev–Trinajstić information content (AvgIpc) is 3.00. The van der Waals surface area contributed by atoms with Crippen molar-refractivity contribution in [3.63, 3.8) is 0 Å². The quantitative estimate of drug-likeness (QED) is 0.186. The molecule has 6 aromatic carbocycles. The van der Waals surface area contributed by atoms with E-state index in [4.69, 9.17) is 22.8 Å². The molecule has 0 spiro atoms. The van der Waals surface area contributed by atoms with Crippen LogP contribution in [-0.4, -0.2) is 22.8 Å². The normalized spacial score (nSPS) is 11.2. The Hall–Kier alpha value is -5.09. The van der Waals surface area contributed by atoms with E-state index in [2.05, 4.69) is 60.7 Å². The van der Waals surface area contributed by atoms with Crippen LogP contribution in [0.15, 0.2) is 133 Å². The zero-order valence-corrected chi connectivity index (χ0v) is 21.1. The number of fused-ring (bicyclic) bond motifs is 2. The van der Waals surface area contributed by atoms with Crippen LogP contribution < -0.4 is 5.46 Å². The molecule has 0 aliphatic rings. The van der Waals surface area contributed by atoms with Gasteiger partial charge in [0.25, 0.3) is 0 Å². The van der Waals surface area contributed by atoms with E-state index in [1.807, 2.05) is 72.8 Å². The van der Waals surface area contributed by atoms with E-state index in [-0.39, 0.29) is 0 Å². The van der Waals surface area contributed by atoms with Gasteiger partial charge in [-0.05, 0) is 44.8 Å². The van der Waals surface area contributed by atoms with Gasteiger partial charge in [0.1, 0.15) is 7.85 Å². The number of hydrogen-bond donors (Lipinski definition) is 0. The second kappa shape index (κ2) is 9.66. The third kappa shape index (κ3) is 4.36. The summed E-state index contributed by atoms with van der Waals surface area (Å²) in [6.45, 7) is 0. The summed E-state index contributed by atoms with van der Waals surface area (Å²) in [6.07, 6.45) is 0. The van der Waals surface area contributed by atoms with Gasteiger partial charge in [0.05, 0.1) is 0 Å². The van der Waals surface area contributed by atoms with Crippen molar-refractivity contribution in [3.8, 4) is 45.3 Å². The van der Waals surface area contributed by atoms with Crippen molar-refractivity contribution in [2.24, 2.45) is 0 Å². The molecule has 0 unspecified atom stereocenters. The Morgan fingerprint density at radius 1 is 0.385 bits per heavy atom. The maximum atomic E-state index is 6.55. The van der Waals surface area contributed by atoms with Gasteiger partial charge in [-0.25, -0.2) is 15.0 Å².